The van der Waals surface area contributed by atoms with E-state index in [2.05, 4.69) is 4.98 Å². The zero-order chi connectivity index (χ0) is 8.10. The first-order valence-corrected chi connectivity index (χ1v) is 3.39. The van der Waals surface area contributed by atoms with Crippen LogP contribution in [-0.2, 0) is 4.79 Å². The van der Waals surface area contributed by atoms with Crippen molar-refractivity contribution in [2.45, 2.75) is 0 Å². The highest BCUT2D eigenvalue weighted by Gasteiger charge is 1.96. The van der Waals surface area contributed by atoms with Crippen LogP contribution in [0.2, 0.25) is 0 Å². The lowest BCUT2D eigenvalue weighted by Gasteiger charge is -1.98. The molecule has 1 rings (SSSR count). The summed E-state index contributed by atoms with van der Waals surface area (Å²) in [7, 11) is 0. The van der Waals surface area contributed by atoms with E-state index in [0.717, 1.165) is 0 Å². The van der Waals surface area contributed by atoms with Crippen molar-refractivity contribution in [2.75, 3.05) is 6.61 Å². The zero-order valence-electron chi connectivity index (χ0n) is 5.66. The largest absolute Gasteiger partial charge is 0.468 e. The van der Waals surface area contributed by atoms with Crippen LogP contribution < -0.4 is 4.74 Å². The standard InChI is InChI=1S/C7H6ClNO2/c8-6(10)5-11-7-3-1-2-4-9-7/h1-4H,5H2. The molecular formula is C7H6ClNO2. The van der Waals surface area contributed by atoms with Crippen molar-refractivity contribution >= 4 is 16.8 Å². The van der Waals surface area contributed by atoms with Crippen LogP contribution in [0.5, 0.6) is 5.88 Å². The van der Waals surface area contributed by atoms with Crippen LogP contribution >= 0.6 is 11.6 Å². The maximum atomic E-state index is 10.2. The molecule has 0 unspecified atom stereocenters. The number of carbonyl (C=O) groups is 1. The van der Waals surface area contributed by atoms with Gasteiger partial charge >= 0.3 is 0 Å². The lowest BCUT2D eigenvalue weighted by molar-refractivity contribution is -0.113. The smallest absolute Gasteiger partial charge is 0.259 e. The SMILES string of the molecule is O=C(Cl)COc1ccccn1. The van der Waals surface area contributed by atoms with E-state index in [1.165, 1.54) is 0 Å². The van der Waals surface area contributed by atoms with Gasteiger partial charge in [0.2, 0.25) is 5.88 Å². The molecule has 0 fully saturated rings. The van der Waals surface area contributed by atoms with Crippen molar-refractivity contribution in [3.8, 4) is 5.88 Å². The highest BCUT2D eigenvalue weighted by atomic mass is 35.5. The summed E-state index contributed by atoms with van der Waals surface area (Å²) in [5.74, 6) is 0.404. The number of hydrogen-bond acceptors (Lipinski definition) is 3. The Bertz CT molecular complexity index is 237. The van der Waals surface area contributed by atoms with E-state index in [4.69, 9.17) is 16.3 Å². The summed E-state index contributed by atoms with van der Waals surface area (Å²) in [5, 5.41) is -0.532. The molecule has 0 aliphatic carbocycles. The molecule has 0 aliphatic heterocycles. The monoisotopic (exact) mass is 171 g/mol. The summed E-state index contributed by atoms with van der Waals surface area (Å²) in [5.41, 5.74) is 0. The predicted molar refractivity (Wildman–Crippen MR) is 40.6 cm³/mol. The van der Waals surface area contributed by atoms with Crippen LogP contribution in [0.25, 0.3) is 0 Å². The van der Waals surface area contributed by atoms with Crippen LogP contribution in [0.3, 0.4) is 0 Å². The van der Waals surface area contributed by atoms with E-state index < -0.39 is 5.24 Å². The molecule has 3 nitrogen and oxygen atoms in total. The molecule has 0 atom stereocenters. The van der Waals surface area contributed by atoms with E-state index in [1.54, 1.807) is 24.4 Å². The minimum atomic E-state index is -0.532. The van der Waals surface area contributed by atoms with Crippen LogP contribution in [0.15, 0.2) is 24.4 Å². The Morgan fingerprint density at radius 2 is 2.45 bits per heavy atom. The summed E-state index contributed by atoms with van der Waals surface area (Å²) in [6.45, 7) is -0.140. The fourth-order valence-corrected chi connectivity index (χ4v) is 0.618. The van der Waals surface area contributed by atoms with Gasteiger partial charge in [-0.3, -0.25) is 4.79 Å². The Kier molecular flexibility index (Phi) is 2.86. The molecule has 58 valence electrons. The summed E-state index contributed by atoms with van der Waals surface area (Å²) >= 11 is 5.04. The van der Waals surface area contributed by atoms with Gasteiger partial charge in [0.1, 0.15) is 0 Å². The number of aromatic nitrogens is 1. The van der Waals surface area contributed by atoms with Crippen molar-refractivity contribution in [3.05, 3.63) is 24.4 Å². The van der Waals surface area contributed by atoms with Gasteiger partial charge in [-0.2, -0.15) is 0 Å². The summed E-state index contributed by atoms with van der Waals surface area (Å²) in [6, 6.07) is 5.18. The third-order valence-corrected chi connectivity index (χ3v) is 1.08. The fourth-order valence-electron chi connectivity index (χ4n) is 0.563. The van der Waals surface area contributed by atoms with Crippen molar-refractivity contribution in [1.82, 2.24) is 4.98 Å². The molecule has 4 heteroatoms. The molecule has 1 aromatic heterocycles. The van der Waals surface area contributed by atoms with Gasteiger partial charge in [0.15, 0.2) is 6.61 Å². The van der Waals surface area contributed by atoms with Gasteiger partial charge in [-0.15, -0.1) is 0 Å². The van der Waals surface area contributed by atoms with Crippen molar-refractivity contribution in [3.63, 3.8) is 0 Å². The maximum Gasteiger partial charge on any atom is 0.259 e. The predicted octanol–water partition coefficient (Wildman–Crippen LogP) is 1.23. The second kappa shape index (κ2) is 3.93. The molecule has 0 radical (unpaired) electrons. The molecule has 0 aromatic carbocycles. The fraction of sp³-hybridized carbons (Fsp3) is 0.143. The molecular weight excluding hydrogens is 166 g/mol. The third kappa shape index (κ3) is 3.00. The third-order valence-electron chi connectivity index (χ3n) is 0.971. The van der Waals surface area contributed by atoms with E-state index in [1.807, 2.05) is 0 Å². The number of carbonyl (C=O) groups excluding carboxylic acids is 1. The number of ether oxygens (including phenoxy) is 1. The first kappa shape index (κ1) is 8.01. The highest BCUT2D eigenvalue weighted by Crippen LogP contribution is 2.02. The number of nitrogens with zero attached hydrogens (tertiary/aromatic N) is 1. The van der Waals surface area contributed by atoms with Gasteiger partial charge in [-0.05, 0) is 17.7 Å². The molecule has 0 aliphatic rings. The van der Waals surface area contributed by atoms with Gasteiger partial charge in [-0.1, -0.05) is 6.07 Å². The molecule has 0 N–H and O–H groups in total. The highest BCUT2D eigenvalue weighted by molar-refractivity contribution is 6.63. The second-order valence-corrected chi connectivity index (χ2v) is 2.23. The van der Waals surface area contributed by atoms with Crippen molar-refractivity contribution < 1.29 is 9.53 Å². The number of hydrogen-bond donors (Lipinski definition) is 0. The molecule has 11 heavy (non-hydrogen) atoms. The Morgan fingerprint density at radius 1 is 1.64 bits per heavy atom. The van der Waals surface area contributed by atoms with E-state index in [-0.39, 0.29) is 6.61 Å². The average Bonchev–Trinajstić information content (AvgIpc) is 2.03. The van der Waals surface area contributed by atoms with Gasteiger partial charge < -0.3 is 4.74 Å². The first-order valence-electron chi connectivity index (χ1n) is 3.01. The topological polar surface area (TPSA) is 39.2 Å². The van der Waals surface area contributed by atoms with Crippen LogP contribution in [-0.4, -0.2) is 16.8 Å². The molecule has 0 bridgehead atoms. The normalized spacial score (nSPS) is 9.18. The number of pyridine rings is 1. The van der Waals surface area contributed by atoms with E-state index in [9.17, 15) is 4.79 Å². The van der Waals surface area contributed by atoms with Gasteiger partial charge in [0.05, 0.1) is 0 Å². The Morgan fingerprint density at radius 3 is 3.00 bits per heavy atom. The Balaban J connectivity index is 2.45. The number of halogens is 1. The Labute approximate surface area is 69.0 Å². The van der Waals surface area contributed by atoms with E-state index >= 15 is 0 Å². The minimum Gasteiger partial charge on any atom is -0.468 e. The van der Waals surface area contributed by atoms with Crippen LogP contribution in [0.4, 0.5) is 0 Å². The molecule has 0 amide bonds. The zero-order valence-corrected chi connectivity index (χ0v) is 6.41. The van der Waals surface area contributed by atoms with Gasteiger partial charge in [-0.25, -0.2) is 4.98 Å². The minimum absolute atomic E-state index is 0.140. The second-order valence-electron chi connectivity index (χ2n) is 1.81. The lowest BCUT2D eigenvalue weighted by Crippen LogP contribution is -2.04. The summed E-state index contributed by atoms with van der Waals surface area (Å²) in [6.07, 6.45) is 1.58. The summed E-state index contributed by atoms with van der Waals surface area (Å²) < 4.78 is 4.87. The number of rotatable bonds is 3. The van der Waals surface area contributed by atoms with Crippen molar-refractivity contribution in [2.24, 2.45) is 0 Å². The van der Waals surface area contributed by atoms with Gasteiger partial charge in [0, 0.05) is 12.3 Å². The first-order chi connectivity index (χ1) is 5.29. The van der Waals surface area contributed by atoms with Crippen molar-refractivity contribution in [1.29, 1.82) is 0 Å². The maximum absolute atomic E-state index is 10.2. The van der Waals surface area contributed by atoms with Crippen LogP contribution in [0.1, 0.15) is 0 Å². The molecule has 0 saturated carbocycles. The van der Waals surface area contributed by atoms with Gasteiger partial charge in [0.25, 0.3) is 5.24 Å². The molecule has 0 saturated heterocycles. The van der Waals surface area contributed by atoms with E-state index in [0.29, 0.717) is 5.88 Å². The average molecular weight is 172 g/mol. The quantitative estimate of drug-likeness (QED) is 0.642. The molecule has 0 spiro atoms. The summed E-state index contributed by atoms with van der Waals surface area (Å²) in [4.78, 5) is 14.0. The Hall–Kier alpha value is -1.09. The lowest BCUT2D eigenvalue weighted by atomic mass is 10.5. The molecule has 1 heterocycles. The molecule has 1 aromatic rings. The van der Waals surface area contributed by atoms with Crippen LogP contribution in [0, 0.1) is 0 Å².